The molecule has 0 spiro atoms. The summed E-state index contributed by atoms with van der Waals surface area (Å²) in [5, 5.41) is 0. The molecule has 0 aromatic rings. The maximum absolute atomic E-state index is 5.76. The van der Waals surface area contributed by atoms with Crippen molar-refractivity contribution in [3.63, 3.8) is 0 Å². The van der Waals surface area contributed by atoms with Gasteiger partial charge < -0.3 is 9.47 Å². The Morgan fingerprint density at radius 2 is 2.13 bits per heavy atom. The summed E-state index contributed by atoms with van der Waals surface area (Å²) in [6.07, 6.45) is 8.64. The van der Waals surface area contributed by atoms with Crippen LogP contribution in [0, 0.1) is 11.8 Å². The molecule has 2 nitrogen and oxygen atoms in total. The second-order valence-electron chi connectivity index (χ2n) is 4.56. The lowest BCUT2D eigenvalue weighted by molar-refractivity contribution is -0.110. The van der Waals surface area contributed by atoms with Crippen LogP contribution < -0.4 is 0 Å². The van der Waals surface area contributed by atoms with E-state index in [9.17, 15) is 0 Å². The molecule has 0 heterocycles. The molecule has 0 aromatic heterocycles. The highest BCUT2D eigenvalue weighted by Gasteiger charge is 2.29. The van der Waals surface area contributed by atoms with E-state index >= 15 is 0 Å². The maximum Gasteiger partial charge on any atom is 0.146 e. The van der Waals surface area contributed by atoms with Crippen molar-refractivity contribution in [2.45, 2.75) is 45.1 Å². The van der Waals surface area contributed by atoms with Crippen molar-refractivity contribution in [3.05, 3.63) is 12.7 Å². The van der Waals surface area contributed by atoms with Crippen molar-refractivity contribution in [2.24, 2.45) is 11.8 Å². The van der Waals surface area contributed by atoms with Gasteiger partial charge >= 0.3 is 0 Å². The summed E-state index contributed by atoms with van der Waals surface area (Å²) in [6, 6.07) is 0. The monoisotopic (exact) mass is 212 g/mol. The highest BCUT2D eigenvalue weighted by Crippen LogP contribution is 2.33. The van der Waals surface area contributed by atoms with Crippen molar-refractivity contribution in [3.8, 4) is 0 Å². The second-order valence-corrected chi connectivity index (χ2v) is 4.56. The molecule has 1 rings (SSSR count). The van der Waals surface area contributed by atoms with Crippen LogP contribution in [0.5, 0.6) is 0 Å². The van der Waals surface area contributed by atoms with E-state index in [4.69, 9.17) is 9.47 Å². The molecule has 1 aliphatic carbocycles. The van der Waals surface area contributed by atoms with E-state index in [1.165, 1.54) is 25.7 Å². The van der Waals surface area contributed by atoms with E-state index in [1.807, 2.05) is 6.08 Å². The molecule has 15 heavy (non-hydrogen) atoms. The van der Waals surface area contributed by atoms with Gasteiger partial charge in [-0.2, -0.15) is 0 Å². The first-order valence-corrected chi connectivity index (χ1v) is 6.01. The Balaban J connectivity index is 2.44. The zero-order valence-corrected chi connectivity index (χ0v) is 10.1. The molecule has 0 aromatic carbocycles. The van der Waals surface area contributed by atoms with Crippen molar-refractivity contribution in [1.82, 2.24) is 0 Å². The Hall–Kier alpha value is -0.340. The minimum atomic E-state index is 0.397. The average molecular weight is 212 g/mol. The fourth-order valence-corrected chi connectivity index (χ4v) is 2.58. The van der Waals surface area contributed by atoms with Crippen molar-refractivity contribution < 1.29 is 9.47 Å². The molecule has 3 atom stereocenters. The molecular weight excluding hydrogens is 188 g/mol. The molecule has 0 radical (unpaired) electrons. The van der Waals surface area contributed by atoms with Gasteiger partial charge in [0.15, 0.2) is 0 Å². The van der Waals surface area contributed by atoms with Gasteiger partial charge in [0.1, 0.15) is 6.79 Å². The quantitative estimate of drug-likeness (QED) is 0.496. The maximum atomic E-state index is 5.76. The predicted octanol–water partition coefficient (Wildman–Crippen LogP) is 3.38. The zero-order valence-electron chi connectivity index (χ0n) is 10.1. The fourth-order valence-electron chi connectivity index (χ4n) is 2.58. The third kappa shape index (κ3) is 3.96. The lowest BCUT2D eigenvalue weighted by atomic mass is 9.77. The van der Waals surface area contributed by atoms with Crippen LogP contribution in [0.3, 0.4) is 0 Å². The molecule has 0 unspecified atom stereocenters. The lowest BCUT2D eigenvalue weighted by Gasteiger charge is -2.35. The zero-order chi connectivity index (χ0) is 11.1. The number of hydrogen-bond acceptors (Lipinski definition) is 2. The molecule has 0 N–H and O–H groups in total. The normalized spacial score (nSPS) is 28.7. The Morgan fingerprint density at radius 3 is 2.80 bits per heavy atom. The van der Waals surface area contributed by atoms with Crippen molar-refractivity contribution in [2.75, 3.05) is 13.9 Å². The van der Waals surface area contributed by atoms with E-state index in [-0.39, 0.29) is 0 Å². The van der Waals surface area contributed by atoms with E-state index in [0.717, 1.165) is 6.42 Å². The standard InChI is InChI=1S/C13H24O2/c1-4-7-11(2)12-8-5-6-9-13(12)15-10-14-3/h4,11-13H,1,5-10H2,2-3H3/t11-,12-,13-/m0/s1. The van der Waals surface area contributed by atoms with Gasteiger partial charge in [0.25, 0.3) is 0 Å². The Kier molecular flexibility index (Phi) is 5.96. The topological polar surface area (TPSA) is 18.5 Å². The number of allylic oxidation sites excluding steroid dienone is 1. The Morgan fingerprint density at radius 1 is 1.40 bits per heavy atom. The third-order valence-corrected chi connectivity index (χ3v) is 3.42. The third-order valence-electron chi connectivity index (χ3n) is 3.42. The lowest BCUT2D eigenvalue weighted by Crippen LogP contribution is -2.32. The molecule has 0 aliphatic heterocycles. The van der Waals surface area contributed by atoms with Crippen LogP contribution in [0.15, 0.2) is 12.7 Å². The molecule has 0 bridgehead atoms. The molecular formula is C13H24O2. The van der Waals surface area contributed by atoms with Gasteiger partial charge in [-0.3, -0.25) is 0 Å². The highest BCUT2D eigenvalue weighted by atomic mass is 16.7. The van der Waals surface area contributed by atoms with Gasteiger partial charge in [-0.1, -0.05) is 25.8 Å². The molecule has 1 saturated carbocycles. The van der Waals surface area contributed by atoms with Crippen LogP contribution in [0.1, 0.15) is 39.0 Å². The summed E-state index contributed by atoms with van der Waals surface area (Å²) >= 11 is 0. The molecule has 0 saturated heterocycles. The summed E-state index contributed by atoms with van der Waals surface area (Å²) in [6.45, 7) is 6.56. The van der Waals surface area contributed by atoms with E-state index in [0.29, 0.717) is 24.7 Å². The molecule has 1 aliphatic rings. The first kappa shape index (κ1) is 12.7. The van der Waals surface area contributed by atoms with Crippen molar-refractivity contribution >= 4 is 0 Å². The summed E-state index contributed by atoms with van der Waals surface area (Å²) in [4.78, 5) is 0. The fraction of sp³-hybridized carbons (Fsp3) is 0.846. The van der Waals surface area contributed by atoms with Gasteiger partial charge in [0.05, 0.1) is 6.10 Å². The van der Waals surface area contributed by atoms with Gasteiger partial charge in [-0.25, -0.2) is 0 Å². The number of methoxy groups -OCH3 is 1. The number of rotatable bonds is 6. The summed E-state index contributed by atoms with van der Waals surface area (Å²) in [5.41, 5.74) is 0. The van der Waals surface area contributed by atoms with Crippen LogP contribution in [-0.4, -0.2) is 20.0 Å². The van der Waals surface area contributed by atoms with Gasteiger partial charge in [-0.15, -0.1) is 6.58 Å². The van der Waals surface area contributed by atoms with Gasteiger partial charge in [0.2, 0.25) is 0 Å². The van der Waals surface area contributed by atoms with Gasteiger partial charge in [0, 0.05) is 7.11 Å². The SMILES string of the molecule is C=CC[C@H](C)[C@@H]1CCCC[C@@H]1OCOC. The highest BCUT2D eigenvalue weighted by molar-refractivity contribution is 4.83. The van der Waals surface area contributed by atoms with Crippen LogP contribution in [0.4, 0.5) is 0 Å². The molecule has 1 fully saturated rings. The number of ether oxygens (including phenoxy) is 2. The molecule has 0 amide bonds. The van der Waals surface area contributed by atoms with Crippen LogP contribution in [-0.2, 0) is 9.47 Å². The first-order chi connectivity index (χ1) is 7.29. The van der Waals surface area contributed by atoms with E-state index < -0.39 is 0 Å². The van der Waals surface area contributed by atoms with Crippen molar-refractivity contribution in [1.29, 1.82) is 0 Å². The summed E-state index contributed by atoms with van der Waals surface area (Å²) in [7, 11) is 1.69. The number of hydrogen-bond donors (Lipinski definition) is 0. The Bertz CT molecular complexity index is 179. The average Bonchev–Trinajstić information content (AvgIpc) is 2.27. The predicted molar refractivity (Wildman–Crippen MR) is 62.7 cm³/mol. The Labute approximate surface area is 93.7 Å². The van der Waals surface area contributed by atoms with Crippen LogP contribution in [0.2, 0.25) is 0 Å². The first-order valence-electron chi connectivity index (χ1n) is 6.01. The summed E-state index contributed by atoms with van der Waals surface area (Å²) in [5.74, 6) is 1.37. The van der Waals surface area contributed by atoms with Crippen LogP contribution >= 0.6 is 0 Å². The van der Waals surface area contributed by atoms with E-state index in [1.54, 1.807) is 7.11 Å². The van der Waals surface area contributed by atoms with Gasteiger partial charge in [-0.05, 0) is 31.1 Å². The minimum absolute atomic E-state index is 0.397. The molecule has 88 valence electrons. The largest absolute Gasteiger partial charge is 0.359 e. The van der Waals surface area contributed by atoms with E-state index in [2.05, 4.69) is 13.5 Å². The smallest absolute Gasteiger partial charge is 0.146 e. The summed E-state index contributed by atoms with van der Waals surface area (Å²) < 4.78 is 10.7. The minimum Gasteiger partial charge on any atom is -0.359 e. The van der Waals surface area contributed by atoms with Crippen LogP contribution in [0.25, 0.3) is 0 Å². The second kappa shape index (κ2) is 7.02. The molecule has 2 heteroatoms.